The molecule has 0 aliphatic heterocycles. The van der Waals surface area contributed by atoms with Gasteiger partial charge in [0.25, 0.3) is 0 Å². The maximum atomic E-state index is 12.5. The van der Waals surface area contributed by atoms with Crippen molar-refractivity contribution in [2.24, 2.45) is 17.8 Å². The number of hydrogen-bond acceptors (Lipinski definition) is 6. The molecule has 0 amide bonds. The topological polar surface area (TPSA) is 65.5 Å². The maximum absolute atomic E-state index is 12.5. The Labute approximate surface area is 162 Å². The third-order valence-electron chi connectivity index (χ3n) is 5.61. The molecular weight excluding hydrogens is 362 g/mol. The Bertz CT molecular complexity index is 830. The Kier molecular flexibility index (Phi) is 5.25. The Morgan fingerprint density at radius 1 is 1.26 bits per heavy atom. The molecular formula is C21H23NO4S. The molecule has 2 saturated carbocycles. The molecule has 2 bridgehead atoms. The minimum atomic E-state index is -0.185. The molecule has 1 heterocycles. The number of carbonyl (C=O) groups is 2. The minimum absolute atomic E-state index is 0.0639. The van der Waals surface area contributed by atoms with Crippen LogP contribution < -0.4 is 4.74 Å². The summed E-state index contributed by atoms with van der Waals surface area (Å²) in [5.41, 5.74) is 1.73. The van der Waals surface area contributed by atoms with Crippen molar-refractivity contribution in [3.63, 3.8) is 0 Å². The summed E-state index contributed by atoms with van der Waals surface area (Å²) in [6, 6.07) is 7.74. The van der Waals surface area contributed by atoms with Crippen LogP contribution in [0.5, 0.6) is 5.75 Å². The van der Waals surface area contributed by atoms with E-state index in [1.54, 1.807) is 7.11 Å². The van der Waals surface area contributed by atoms with Gasteiger partial charge in [0.2, 0.25) is 0 Å². The van der Waals surface area contributed by atoms with Crippen LogP contribution in [-0.4, -0.2) is 23.8 Å². The molecule has 2 aliphatic rings. The second-order valence-corrected chi connectivity index (χ2v) is 8.24. The highest BCUT2D eigenvalue weighted by molar-refractivity contribution is 7.13. The number of methoxy groups -OCH3 is 1. The van der Waals surface area contributed by atoms with Gasteiger partial charge in [-0.2, -0.15) is 0 Å². The predicted octanol–water partition coefficient (Wildman–Crippen LogP) is 4.26. The number of benzene rings is 1. The monoisotopic (exact) mass is 385 g/mol. The molecule has 2 aromatic rings. The fraction of sp³-hybridized carbons (Fsp3) is 0.476. The van der Waals surface area contributed by atoms with Gasteiger partial charge in [0, 0.05) is 22.8 Å². The summed E-state index contributed by atoms with van der Waals surface area (Å²) in [6.45, 7) is 0.180. The van der Waals surface area contributed by atoms with Crippen LogP contribution >= 0.6 is 11.3 Å². The van der Waals surface area contributed by atoms with Gasteiger partial charge >= 0.3 is 5.97 Å². The average Bonchev–Trinajstić information content (AvgIpc) is 3.15. The molecule has 3 atom stereocenters. The highest BCUT2D eigenvalue weighted by Gasteiger charge is 2.41. The third kappa shape index (κ3) is 3.90. The van der Waals surface area contributed by atoms with E-state index < -0.39 is 0 Å². The zero-order valence-corrected chi connectivity index (χ0v) is 16.2. The van der Waals surface area contributed by atoms with E-state index in [4.69, 9.17) is 9.47 Å². The molecule has 1 unspecified atom stereocenters. The van der Waals surface area contributed by atoms with Crippen LogP contribution in [0, 0.1) is 17.8 Å². The molecule has 2 fully saturated rings. The van der Waals surface area contributed by atoms with Crippen molar-refractivity contribution in [3.8, 4) is 16.3 Å². The average molecular weight is 385 g/mol. The maximum Gasteiger partial charge on any atom is 0.309 e. The summed E-state index contributed by atoms with van der Waals surface area (Å²) < 4.78 is 10.8. The van der Waals surface area contributed by atoms with Gasteiger partial charge in [-0.15, -0.1) is 11.3 Å². The number of hydrogen-bond donors (Lipinski definition) is 0. The number of esters is 1. The second kappa shape index (κ2) is 7.80. The second-order valence-electron chi connectivity index (χ2n) is 7.38. The van der Waals surface area contributed by atoms with Crippen LogP contribution in [0.3, 0.4) is 0 Å². The number of nitrogens with zero attached hydrogens (tertiary/aromatic N) is 1. The van der Waals surface area contributed by atoms with Gasteiger partial charge in [0.05, 0.1) is 18.7 Å². The Balaban J connectivity index is 1.36. The molecule has 6 heteroatoms. The lowest BCUT2D eigenvalue weighted by Crippen LogP contribution is -2.39. The van der Waals surface area contributed by atoms with Gasteiger partial charge in [-0.25, -0.2) is 4.98 Å². The predicted molar refractivity (Wildman–Crippen MR) is 102 cm³/mol. The molecule has 0 saturated heterocycles. The number of ether oxygens (including phenoxy) is 2. The number of rotatable bonds is 5. The van der Waals surface area contributed by atoms with Crippen molar-refractivity contribution < 1.29 is 19.1 Å². The highest BCUT2D eigenvalue weighted by Crippen LogP contribution is 2.40. The molecule has 0 spiro atoms. The summed E-state index contributed by atoms with van der Waals surface area (Å²) in [5, 5.41) is 2.79. The Morgan fingerprint density at radius 2 is 2.04 bits per heavy atom. The van der Waals surface area contributed by atoms with Gasteiger partial charge in [-0.1, -0.05) is 18.6 Å². The molecule has 1 aromatic heterocycles. The fourth-order valence-electron chi connectivity index (χ4n) is 4.20. The van der Waals surface area contributed by atoms with Gasteiger partial charge in [-0.3, -0.25) is 9.59 Å². The summed E-state index contributed by atoms with van der Waals surface area (Å²) in [6.07, 6.45) is 4.26. The molecule has 5 nitrogen and oxygen atoms in total. The first-order valence-electron chi connectivity index (χ1n) is 9.43. The number of aromatic nitrogens is 1. The van der Waals surface area contributed by atoms with Crippen molar-refractivity contribution in [2.75, 3.05) is 7.11 Å². The van der Waals surface area contributed by atoms with Crippen molar-refractivity contribution in [2.45, 2.75) is 38.7 Å². The molecule has 0 N–H and O–H groups in total. The molecule has 142 valence electrons. The van der Waals surface area contributed by atoms with Crippen LogP contribution in [0.2, 0.25) is 0 Å². The smallest absolute Gasteiger partial charge is 0.309 e. The number of ketones is 1. The zero-order chi connectivity index (χ0) is 18.8. The van der Waals surface area contributed by atoms with Crippen LogP contribution in [0.1, 0.15) is 37.8 Å². The highest BCUT2D eigenvalue weighted by atomic mass is 32.1. The van der Waals surface area contributed by atoms with Crippen molar-refractivity contribution >= 4 is 23.1 Å². The Hall–Kier alpha value is -2.21. The standard InChI is InChI=1S/C21H23NO4S/c1-25-18-7-3-6-15(10-18)20-22-17(12-27-20)11-26-21(24)16-8-13-4-2-5-14(9-16)19(13)23/h3,6-7,10,12-14,16H,2,4-5,8-9,11H2,1H3/t13-,14+,16?. The largest absolute Gasteiger partial charge is 0.497 e. The first-order chi connectivity index (χ1) is 13.1. The van der Waals surface area contributed by atoms with Crippen LogP contribution in [-0.2, 0) is 20.9 Å². The van der Waals surface area contributed by atoms with Crippen LogP contribution in [0.25, 0.3) is 10.6 Å². The van der Waals surface area contributed by atoms with E-state index in [1.807, 2.05) is 29.6 Å². The lowest BCUT2D eigenvalue weighted by Gasteiger charge is -2.36. The first kappa shape index (κ1) is 18.2. The van der Waals surface area contributed by atoms with E-state index in [1.165, 1.54) is 11.3 Å². The molecule has 0 radical (unpaired) electrons. The molecule has 2 aliphatic carbocycles. The minimum Gasteiger partial charge on any atom is -0.497 e. The summed E-state index contributed by atoms with van der Waals surface area (Å²) >= 11 is 1.52. The normalized spacial score (nSPS) is 24.5. The summed E-state index contributed by atoms with van der Waals surface area (Å²) in [5.74, 6) is 0.952. The van der Waals surface area contributed by atoms with Gasteiger partial charge < -0.3 is 9.47 Å². The number of Topliss-reactive ketones (excluding diaryl/α,β-unsaturated/α-hetero) is 1. The first-order valence-corrected chi connectivity index (χ1v) is 10.3. The van der Waals surface area contributed by atoms with Crippen molar-refractivity contribution in [3.05, 3.63) is 35.3 Å². The Morgan fingerprint density at radius 3 is 2.78 bits per heavy atom. The SMILES string of the molecule is COc1cccc(-c2nc(COC(=O)C3C[C@H]4CCC[C@@H](C3)C4=O)cs2)c1. The fourth-order valence-corrected chi connectivity index (χ4v) is 5.00. The van der Waals surface area contributed by atoms with E-state index >= 15 is 0 Å². The van der Waals surface area contributed by atoms with Gasteiger partial charge in [-0.05, 0) is 37.8 Å². The lowest BCUT2D eigenvalue weighted by atomic mass is 9.67. The molecule has 4 rings (SSSR count). The summed E-state index contributed by atoms with van der Waals surface area (Å²) in [4.78, 5) is 29.2. The molecule has 27 heavy (non-hydrogen) atoms. The van der Waals surface area contributed by atoms with Crippen molar-refractivity contribution in [1.29, 1.82) is 0 Å². The number of thiazole rings is 1. The number of carbonyl (C=O) groups excluding carboxylic acids is 2. The molecule has 1 aromatic carbocycles. The quantitative estimate of drug-likeness (QED) is 0.720. The van der Waals surface area contributed by atoms with E-state index in [-0.39, 0.29) is 30.3 Å². The van der Waals surface area contributed by atoms with E-state index in [2.05, 4.69) is 4.98 Å². The van der Waals surface area contributed by atoms with E-state index in [9.17, 15) is 9.59 Å². The van der Waals surface area contributed by atoms with Crippen LogP contribution in [0.15, 0.2) is 29.6 Å². The summed E-state index contributed by atoms with van der Waals surface area (Å²) in [7, 11) is 1.64. The van der Waals surface area contributed by atoms with Crippen molar-refractivity contribution in [1.82, 2.24) is 4.98 Å². The lowest BCUT2D eigenvalue weighted by molar-refractivity contribution is -0.154. The van der Waals surface area contributed by atoms with Gasteiger partial charge in [0.15, 0.2) is 0 Å². The zero-order valence-electron chi connectivity index (χ0n) is 15.3. The van der Waals surface area contributed by atoms with Gasteiger partial charge in [0.1, 0.15) is 23.1 Å². The van der Waals surface area contributed by atoms with Crippen LogP contribution in [0.4, 0.5) is 0 Å². The van der Waals surface area contributed by atoms with E-state index in [0.29, 0.717) is 18.6 Å². The van der Waals surface area contributed by atoms with E-state index in [0.717, 1.165) is 41.3 Å². The third-order valence-corrected chi connectivity index (χ3v) is 6.55. The number of fused-ring (bicyclic) bond motifs is 2.